The van der Waals surface area contributed by atoms with Crippen molar-refractivity contribution in [1.29, 1.82) is 0 Å². The number of alkyl halides is 4. The molecule has 4 unspecified atom stereocenters. The van der Waals surface area contributed by atoms with Gasteiger partial charge in [0.1, 0.15) is 11.6 Å². The number of rotatable bonds is 5. The van der Waals surface area contributed by atoms with Crippen LogP contribution >= 0.6 is 0 Å². The topological polar surface area (TPSA) is 139 Å². The maximum Gasteiger partial charge on any atom is 0.312 e. The van der Waals surface area contributed by atoms with Gasteiger partial charge in [0, 0.05) is 65.0 Å². The van der Waals surface area contributed by atoms with Crippen LogP contribution in [0.25, 0.3) is 33.6 Å². The average Bonchev–Trinajstić information content (AvgIpc) is 4.04. The van der Waals surface area contributed by atoms with Gasteiger partial charge in [0.25, 0.3) is 11.8 Å². The van der Waals surface area contributed by atoms with Crippen molar-refractivity contribution in [3.8, 4) is 33.6 Å². The van der Waals surface area contributed by atoms with Crippen molar-refractivity contribution in [2.24, 2.45) is 11.8 Å². The number of benzene rings is 2. The number of likely N-dealkylation sites (tertiary alicyclic amines) is 4. The number of halogens is 4. The van der Waals surface area contributed by atoms with Gasteiger partial charge in [-0.1, -0.05) is 62.4 Å². The molecule has 2 aromatic heterocycles. The van der Waals surface area contributed by atoms with Gasteiger partial charge < -0.3 is 29.6 Å². The van der Waals surface area contributed by atoms with Crippen LogP contribution in [0.4, 0.5) is 17.6 Å². The van der Waals surface area contributed by atoms with Gasteiger partial charge in [-0.25, -0.2) is 27.5 Å². The summed E-state index contributed by atoms with van der Waals surface area (Å²) in [6.45, 7) is 4.17. The molecule has 4 aromatic rings. The quantitative estimate of drug-likeness (QED) is 0.175. The molecule has 0 spiro atoms. The van der Waals surface area contributed by atoms with Gasteiger partial charge in [0.15, 0.2) is 0 Å². The fraction of sp³-hybridized carbons (Fsp3) is 0.476. The van der Waals surface area contributed by atoms with Crippen LogP contribution in [0.2, 0.25) is 0 Å². The first-order chi connectivity index (χ1) is 27.7. The molecule has 306 valence electrons. The van der Waals surface area contributed by atoms with Gasteiger partial charge >= 0.3 is 23.6 Å². The Morgan fingerprint density at radius 1 is 0.534 bits per heavy atom. The third kappa shape index (κ3) is 7.72. The minimum absolute atomic E-state index is 0.0349. The van der Waals surface area contributed by atoms with Gasteiger partial charge in [-0.15, -0.1) is 0 Å². The molecule has 4 aliphatic rings. The Labute approximate surface area is 333 Å². The highest BCUT2D eigenvalue weighted by Gasteiger charge is 2.45. The number of H-pyrrole nitrogens is 2. The Morgan fingerprint density at radius 3 is 1.21 bits per heavy atom. The Kier molecular flexibility index (Phi) is 10.4. The Bertz CT molecular complexity index is 2010. The van der Waals surface area contributed by atoms with E-state index in [1.807, 2.05) is 62.4 Å². The zero-order valence-electron chi connectivity index (χ0n) is 32.4. The minimum atomic E-state index is -2.82. The molecule has 4 saturated heterocycles. The van der Waals surface area contributed by atoms with E-state index in [1.54, 1.807) is 12.4 Å². The van der Waals surface area contributed by atoms with Gasteiger partial charge in [0.05, 0.1) is 35.9 Å². The van der Waals surface area contributed by atoms with Crippen molar-refractivity contribution >= 4 is 23.6 Å². The minimum Gasteiger partial charge on any atom is -0.340 e. The monoisotopic (exact) mass is 802 g/mol. The van der Waals surface area contributed by atoms with Crippen LogP contribution < -0.4 is 0 Å². The molecule has 8 rings (SSSR count). The molecular weight excluding hydrogens is 757 g/mol. The molecule has 58 heavy (non-hydrogen) atoms. The van der Waals surface area contributed by atoms with Crippen LogP contribution in [0, 0.1) is 11.8 Å². The number of imidazole rings is 2. The molecule has 16 heteroatoms. The van der Waals surface area contributed by atoms with E-state index < -0.39 is 73.2 Å². The summed E-state index contributed by atoms with van der Waals surface area (Å²) in [7, 11) is 0. The predicted octanol–water partition coefficient (Wildman–Crippen LogP) is 6.47. The van der Waals surface area contributed by atoms with Crippen LogP contribution in [-0.2, 0) is 19.2 Å². The molecule has 0 radical (unpaired) electrons. The maximum absolute atomic E-state index is 13.7. The van der Waals surface area contributed by atoms with Crippen LogP contribution in [0.15, 0.2) is 60.9 Å². The van der Waals surface area contributed by atoms with E-state index >= 15 is 0 Å². The Balaban J connectivity index is 0.908. The number of carbonyl (C=O) groups excluding carboxylic acids is 4. The lowest BCUT2D eigenvalue weighted by molar-refractivity contribution is -0.156. The fourth-order valence-corrected chi connectivity index (χ4v) is 8.73. The summed E-state index contributed by atoms with van der Waals surface area (Å²) in [5.41, 5.74) is 5.22. The number of piperidine rings is 2. The molecule has 2 N–H and O–H groups in total. The number of aromatic amines is 2. The number of amides is 4. The highest BCUT2D eigenvalue weighted by Crippen LogP contribution is 2.39. The lowest BCUT2D eigenvalue weighted by Gasteiger charge is -2.33. The van der Waals surface area contributed by atoms with Gasteiger partial charge in [-0.3, -0.25) is 19.2 Å². The zero-order chi connectivity index (χ0) is 40.9. The molecule has 0 bridgehead atoms. The average molecular weight is 803 g/mol. The van der Waals surface area contributed by atoms with Crippen molar-refractivity contribution < 1.29 is 36.7 Å². The van der Waals surface area contributed by atoms with E-state index in [4.69, 9.17) is 0 Å². The second kappa shape index (κ2) is 15.3. The zero-order valence-corrected chi connectivity index (χ0v) is 32.4. The van der Waals surface area contributed by atoms with Crippen molar-refractivity contribution in [3.63, 3.8) is 0 Å². The van der Waals surface area contributed by atoms with E-state index in [-0.39, 0.29) is 38.0 Å². The third-order valence-electron chi connectivity index (χ3n) is 12.3. The van der Waals surface area contributed by atoms with E-state index in [9.17, 15) is 36.7 Å². The van der Waals surface area contributed by atoms with E-state index in [0.717, 1.165) is 33.6 Å². The summed E-state index contributed by atoms with van der Waals surface area (Å²) in [6.07, 6.45) is 2.99. The Hall–Kier alpha value is -5.54. The molecule has 4 aliphatic heterocycles. The van der Waals surface area contributed by atoms with Crippen LogP contribution in [0.1, 0.15) is 76.1 Å². The number of nitrogens with zero attached hydrogens (tertiary/aromatic N) is 6. The first-order valence-corrected chi connectivity index (χ1v) is 19.9. The van der Waals surface area contributed by atoms with Gasteiger partial charge in [-0.05, 0) is 46.9 Å². The normalized spacial score (nSPS) is 24.3. The lowest BCUT2D eigenvalue weighted by atomic mass is 10.0. The molecule has 4 atom stereocenters. The molecule has 0 aliphatic carbocycles. The highest BCUT2D eigenvalue weighted by atomic mass is 19.3. The maximum atomic E-state index is 13.7. The summed E-state index contributed by atoms with van der Waals surface area (Å²) in [5, 5.41) is 0. The first-order valence-electron chi connectivity index (χ1n) is 19.9. The summed E-state index contributed by atoms with van der Waals surface area (Å²) in [4.78, 5) is 74.1. The lowest BCUT2D eigenvalue weighted by Crippen LogP contribution is -2.49. The van der Waals surface area contributed by atoms with Gasteiger partial charge in [0.2, 0.25) is 0 Å². The van der Waals surface area contributed by atoms with Crippen molar-refractivity contribution in [2.75, 3.05) is 39.3 Å². The molecular formula is C42H46F4N8O4. The third-order valence-corrected chi connectivity index (χ3v) is 12.3. The first kappa shape index (κ1) is 39.3. The summed E-state index contributed by atoms with van der Waals surface area (Å²) < 4.78 is 54.7. The smallest absolute Gasteiger partial charge is 0.312 e. The number of carbonyl (C=O) groups is 4. The van der Waals surface area contributed by atoms with E-state index in [1.165, 1.54) is 19.6 Å². The van der Waals surface area contributed by atoms with E-state index in [0.29, 0.717) is 37.6 Å². The van der Waals surface area contributed by atoms with Gasteiger partial charge in [-0.2, -0.15) is 0 Å². The number of hydrogen-bond donors (Lipinski definition) is 2. The largest absolute Gasteiger partial charge is 0.340 e. The standard InChI is InChI=1S/C42H46F4N8O4/c1-25-11-17-53(39(57)37(55)51-19-13-41(43,44)14-20-51)33(25)35-47-23-31(49-35)29-7-3-27(4-8-29)28-5-9-30(10-6-28)32-24-48-36(50-32)34-26(2)12-18-54(34)40(58)38(56)52-21-15-42(45,46)16-22-52/h3-10,23-26,33-34H,11-22H2,1-2H3,(H,47,49)(H,48,50). The summed E-state index contributed by atoms with van der Waals surface area (Å²) in [6, 6.07) is 15.0. The molecule has 4 amide bonds. The van der Waals surface area contributed by atoms with Crippen LogP contribution in [0.5, 0.6) is 0 Å². The molecule has 6 heterocycles. The van der Waals surface area contributed by atoms with Crippen molar-refractivity contribution in [2.45, 2.75) is 76.3 Å². The molecule has 4 fully saturated rings. The van der Waals surface area contributed by atoms with Crippen molar-refractivity contribution in [3.05, 3.63) is 72.6 Å². The fourth-order valence-electron chi connectivity index (χ4n) is 8.73. The summed E-state index contributed by atoms with van der Waals surface area (Å²) in [5.74, 6) is -7.31. The number of nitrogens with one attached hydrogen (secondary N) is 2. The molecule has 12 nitrogen and oxygen atoms in total. The van der Waals surface area contributed by atoms with Crippen LogP contribution in [0.3, 0.4) is 0 Å². The highest BCUT2D eigenvalue weighted by molar-refractivity contribution is 6.35. The van der Waals surface area contributed by atoms with Crippen LogP contribution in [-0.4, -0.2) is 114 Å². The number of hydrogen-bond acceptors (Lipinski definition) is 6. The second-order valence-corrected chi connectivity index (χ2v) is 16.2. The summed E-state index contributed by atoms with van der Waals surface area (Å²) >= 11 is 0. The van der Waals surface area contributed by atoms with E-state index in [2.05, 4.69) is 19.9 Å². The number of aromatic nitrogens is 4. The molecule has 0 saturated carbocycles. The SMILES string of the molecule is CC1CCN(C(=O)C(=O)N2CCC(F)(F)CC2)C1c1ncc(-c2ccc(-c3ccc(-c4cnc(C5C(C)CCN5C(=O)C(=O)N5CCC(F)(F)CC5)[nH]4)cc3)cc2)[nH]1. The second-order valence-electron chi connectivity index (χ2n) is 16.2. The molecule has 2 aromatic carbocycles. The van der Waals surface area contributed by atoms with Crippen molar-refractivity contribution in [1.82, 2.24) is 39.5 Å². The predicted molar refractivity (Wildman–Crippen MR) is 205 cm³/mol. The Morgan fingerprint density at radius 2 is 0.862 bits per heavy atom.